The second kappa shape index (κ2) is 11.6. The van der Waals surface area contributed by atoms with Crippen molar-refractivity contribution in [3.63, 3.8) is 0 Å². The van der Waals surface area contributed by atoms with Crippen LogP contribution >= 0.6 is 0 Å². The Morgan fingerprint density at radius 2 is 1.65 bits per heavy atom. The Balaban J connectivity index is 1.19. The van der Waals surface area contributed by atoms with Gasteiger partial charge in [0.05, 0.1) is 6.04 Å². The molecule has 14 heteroatoms. The van der Waals surface area contributed by atoms with Crippen molar-refractivity contribution >= 4 is 12.0 Å². The molecule has 0 spiro atoms. The highest BCUT2D eigenvalue weighted by Crippen LogP contribution is 2.50. The molecule has 46 heavy (non-hydrogen) atoms. The lowest BCUT2D eigenvalue weighted by atomic mass is 9.78. The first-order valence-corrected chi connectivity index (χ1v) is 15.2. The molecular formula is C32H36F4N2O8. The molecule has 1 saturated carbocycles. The number of amides is 2. The lowest BCUT2D eigenvalue weighted by molar-refractivity contribution is -0.286. The number of alkyl halides is 4. The summed E-state index contributed by atoms with van der Waals surface area (Å²) in [6.07, 6.45) is -1.49. The van der Waals surface area contributed by atoms with E-state index in [0.717, 1.165) is 0 Å². The molecule has 2 aromatic rings. The quantitative estimate of drug-likeness (QED) is 0.347. The zero-order valence-electron chi connectivity index (χ0n) is 25.8. The number of nitrogens with one attached hydrogen (secondary N) is 2. The van der Waals surface area contributed by atoms with Crippen molar-refractivity contribution in [3.05, 3.63) is 41.5 Å². The van der Waals surface area contributed by atoms with E-state index in [1.165, 1.54) is 24.3 Å². The summed E-state index contributed by atoms with van der Waals surface area (Å²) < 4.78 is 84.6. The first kappa shape index (κ1) is 31.9. The molecule has 1 aliphatic carbocycles. The molecule has 3 atom stereocenters. The zero-order chi connectivity index (χ0) is 33.0. The number of hydrogen-bond acceptors (Lipinski definition) is 8. The van der Waals surface area contributed by atoms with Crippen LogP contribution in [0.4, 0.5) is 22.4 Å². The van der Waals surface area contributed by atoms with Gasteiger partial charge in [-0.2, -0.15) is 8.78 Å². The van der Waals surface area contributed by atoms with Gasteiger partial charge in [-0.25, -0.2) is 4.79 Å². The Labute approximate surface area is 263 Å². The van der Waals surface area contributed by atoms with Gasteiger partial charge in [0.25, 0.3) is 0 Å². The molecular weight excluding hydrogens is 616 g/mol. The average molecular weight is 653 g/mol. The highest BCUT2D eigenvalue weighted by molar-refractivity contribution is 5.90. The lowest BCUT2D eigenvalue weighted by Gasteiger charge is -2.40. The third-order valence-corrected chi connectivity index (χ3v) is 8.77. The number of rotatable bonds is 6. The number of carbonyl (C=O) groups excluding carboxylic acids is 2. The van der Waals surface area contributed by atoms with Crippen LogP contribution in [-0.4, -0.2) is 49.3 Å². The molecule has 6 rings (SSSR count). The molecule has 2 N–H and O–H groups in total. The van der Waals surface area contributed by atoms with Crippen LogP contribution in [0.25, 0.3) is 0 Å². The standard InChI is InChI=1S/C32H36F4N2O8/c1-30(2,3)46-29(40)37-17-7-5-16(6-8-17)22-13-21(19-10-9-18(42-28(33)34)11-23(19)43-22)38-27(39)31(4)15-41-24-14-26-25(12-20(24)31)44-32(35,36)45-26/h9-12,14,16-17,21-22,28H,5-8,13,15H2,1-4H3,(H,37,40)(H,38,39)/t16?,17?,21-,22-,31-/m0/s1. The lowest BCUT2D eigenvalue weighted by Crippen LogP contribution is -2.48. The van der Waals surface area contributed by atoms with E-state index in [-0.39, 0.29) is 47.7 Å². The summed E-state index contributed by atoms with van der Waals surface area (Å²) in [7, 11) is 0. The summed E-state index contributed by atoms with van der Waals surface area (Å²) in [6, 6.07) is 6.33. The van der Waals surface area contributed by atoms with Crippen molar-refractivity contribution < 1.29 is 55.6 Å². The molecule has 2 amide bonds. The maximum Gasteiger partial charge on any atom is 0.586 e. The summed E-state index contributed by atoms with van der Waals surface area (Å²) in [5.74, 6) is -0.299. The van der Waals surface area contributed by atoms with Crippen molar-refractivity contribution in [3.8, 4) is 28.7 Å². The van der Waals surface area contributed by atoms with Crippen molar-refractivity contribution in [2.75, 3.05) is 6.61 Å². The van der Waals surface area contributed by atoms with Crippen molar-refractivity contribution in [2.24, 2.45) is 5.92 Å². The van der Waals surface area contributed by atoms with Gasteiger partial charge in [-0.1, -0.05) is 0 Å². The van der Waals surface area contributed by atoms with Crippen LogP contribution in [0.2, 0.25) is 0 Å². The summed E-state index contributed by atoms with van der Waals surface area (Å²) in [4.78, 5) is 26.2. The molecule has 0 unspecified atom stereocenters. The van der Waals surface area contributed by atoms with E-state index < -0.39 is 42.0 Å². The van der Waals surface area contributed by atoms with E-state index in [9.17, 15) is 27.2 Å². The Kier molecular flexibility index (Phi) is 8.04. The van der Waals surface area contributed by atoms with Gasteiger partial charge < -0.3 is 39.1 Å². The van der Waals surface area contributed by atoms with Crippen LogP contribution in [0.5, 0.6) is 28.7 Å². The minimum Gasteiger partial charge on any atom is -0.492 e. The molecule has 0 bridgehead atoms. The van der Waals surface area contributed by atoms with Gasteiger partial charge in [0.1, 0.15) is 41.0 Å². The Morgan fingerprint density at radius 3 is 2.33 bits per heavy atom. The maximum atomic E-state index is 13.9. The van der Waals surface area contributed by atoms with Gasteiger partial charge in [0, 0.05) is 35.7 Å². The molecule has 3 aliphatic heterocycles. The van der Waals surface area contributed by atoms with E-state index in [2.05, 4.69) is 24.8 Å². The minimum atomic E-state index is -3.82. The molecule has 0 radical (unpaired) electrons. The van der Waals surface area contributed by atoms with Crippen molar-refractivity contribution in [1.29, 1.82) is 0 Å². The first-order chi connectivity index (χ1) is 21.6. The SMILES string of the molecule is CC(C)(C)OC(=O)NC1CCC([C@@H]2C[C@H](NC(=O)[C@@]3(C)COc4cc5c(cc43)OC(F)(F)O5)c3ccc(OC(F)F)cc3O2)CC1. The van der Waals surface area contributed by atoms with E-state index in [4.69, 9.17) is 14.2 Å². The molecule has 0 saturated heterocycles. The predicted octanol–water partition coefficient (Wildman–Crippen LogP) is 6.35. The van der Waals surface area contributed by atoms with Crippen molar-refractivity contribution in [2.45, 2.75) is 102 Å². The number of fused-ring (bicyclic) bond motifs is 3. The van der Waals surface area contributed by atoms with E-state index in [1.54, 1.807) is 33.8 Å². The Bertz CT molecular complexity index is 1510. The Morgan fingerprint density at radius 1 is 0.957 bits per heavy atom. The number of halogens is 4. The average Bonchev–Trinajstić information content (AvgIpc) is 3.44. The summed E-state index contributed by atoms with van der Waals surface area (Å²) in [5.41, 5.74) is -0.925. The van der Waals surface area contributed by atoms with E-state index in [0.29, 0.717) is 49.0 Å². The second-order valence-electron chi connectivity index (χ2n) is 13.3. The Hall–Kier alpha value is -4.10. The van der Waals surface area contributed by atoms with Gasteiger partial charge in [0.2, 0.25) is 5.91 Å². The first-order valence-electron chi connectivity index (χ1n) is 15.2. The summed E-state index contributed by atoms with van der Waals surface area (Å²) >= 11 is 0. The van der Waals surface area contributed by atoms with Gasteiger partial charge >= 0.3 is 19.0 Å². The zero-order valence-corrected chi connectivity index (χ0v) is 25.8. The maximum absolute atomic E-state index is 13.9. The highest BCUT2D eigenvalue weighted by Gasteiger charge is 2.49. The molecule has 2 aromatic carbocycles. The number of hydrogen-bond donors (Lipinski definition) is 2. The summed E-state index contributed by atoms with van der Waals surface area (Å²) in [6.45, 7) is 3.95. The minimum absolute atomic E-state index is 0.0523. The summed E-state index contributed by atoms with van der Waals surface area (Å²) in [5, 5.41) is 6.01. The second-order valence-corrected chi connectivity index (χ2v) is 13.3. The monoisotopic (exact) mass is 652 g/mol. The smallest absolute Gasteiger partial charge is 0.492 e. The fourth-order valence-corrected chi connectivity index (χ4v) is 6.52. The van der Waals surface area contributed by atoms with E-state index in [1.807, 2.05) is 0 Å². The topological polar surface area (TPSA) is 114 Å². The van der Waals surface area contributed by atoms with Gasteiger partial charge in [-0.15, -0.1) is 8.78 Å². The van der Waals surface area contributed by atoms with Crippen LogP contribution in [0.15, 0.2) is 30.3 Å². The van der Waals surface area contributed by atoms with Crippen LogP contribution in [-0.2, 0) is 14.9 Å². The van der Waals surface area contributed by atoms with Gasteiger partial charge in [0.15, 0.2) is 11.5 Å². The number of ether oxygens (including phenoxy) is 6. The fourth-order valence-electron chi connectivity index (χ4n) is 6.52. The molecule has 4 aliphatic rings. The molecule has 3 heterocycles. The molecule has 10 nitrogen and oxygen atoms in total. The molecule has 0 aromatic heterocycles. The van der Waals surface area contributed by atoms with Crippen LogP contribution in [0.3, 0.4) is 0 Å². The third kappa shape index (κ3) is 6.57. The molecule has 250 valence electrons. The van der Waals surface area contributed by atoms with Gasteiger partial charge in [-0.05, 0) is 77.5 Å². The largest absolute Gasteiger partial charge is 0.586 e. The number of benzene rings is 2. The van der Waals surface area contributed by atoms with Gasteiger partial charge in [-0.3, -0.25) is 4.79 Å². The van der Waals surface area contributed by atoms with E-state index >= 15 is 0 Å². The number of carbonyl (C=O) groups is 2. The van der Waals surface area contributed by atoms with Crippen molar-refractivity contribution in [1.82, 2.24) is 10.6 Å². The third-order valence-electron chi connectivity index (χ3n) is 8.77. The van der Waals surface area contributed by atoms with Crippen LogP contribution < -0.4 is 34.3 Å². The van der Waals surface area contributed by atoms with Crippen LogP contribution in [0.1, 0.15) is 77.0 Å². The normalized spacial score (nSPS) is 27.5. The predicted molar refractivity (Wildman–Crippen MR) is 154 cm³/mol. The molecule has 1 fully saturated rings. The number of alkyl carbamates (subject to hydrolysis) is 1. The fraction of sp³-hybridized carbons (Fsp3) is 0.562. The highest BCUT2D eigenvalue weighted by atomic mass is 19.3. The van der Waals surface area contributed by atoms with Crippen LogP contribution in [0, 0.1) is 5.92 Å².